The van der Waals surface area contributed by atoms with Crippen LogP contribution in [0.1, 0.15) is 156 Å². The topological polar surface area (TPSA) is 0 Å². The van der Waals surface area contributed by atoms with Crippen molar-refractivity contribution >= 4 is 0 Å². The van der Waals surface area contributed by atoms with E-state index in [1.165, 1.54) is 128 Å². The van der Waals surface area contributed by atoms with E-state index in [2.05, 4.69) is 27.7 Å². The Bertz CT molecular complexity index is 230. The van der Waals surface area contributed by atoms with E-state index in [0.29, 0.717) is 0 Å². The zero-order valence-electron chi connectivity index (χ0n) is 19.3. The Hall–Kier alpha value is 0. The van der Waals surface area contributed by atoms with Crippen molar-refractivity contribution in [2.24, 2.45) is 11.8 Å². The van der Waals surface area contributed by atoms with Crippen LogP contribution in [-0.2, 0) is 0 Å². The Morgan fingerprint density at radius 2 is 0.769 bits per heavy atom. The molecule has 0 aliphatic rings. The highest BCUT2D eigenvalue weighted by Crippen LogP contribution is 2.27. The summed E-state index contributed by atoms with van der Waals surface area (Å²) in [7, 11) is 0. The van der Waals surface area contributed by atoms with Crippen LogP contribution < -0.4 is 0 Å². The first-order valence-corrected chi connectivity index (χ1v) is 12.7. The van der Waals surface area contributed by atoms with E-state index in [-0.39, 0.29) is 0 Å². The van der Waals surface area contributed by atoms with Crippen molar-refractivity contribution in [3.63, 3.8) is 0 Å². The van der Waals surface area contributed by atoms with Crippen molar-refractivity contribution in [2.45, 2.75) is 156 Å². The van der Waals surface area contributed by atoms with Gasteiger partial charge in [0.25, 0.3) is 0 Å². The Morgan fingerprint density at radius 1 is 0.423 bits per heavy atom. The summed E-state index contributed by atoms with van der Waals surface area (Å²) >= 11 is 0. The van der Waals surface area contributed by atoms with Crippen LogP contribution in [0.4, 0.5) is 0 Å². The third kappa shape index (κ3) is 18.8. The van der Waals surface area contributed by atoms with E-state index >= 15 is 0 Å². The molecule has 0 aliphatic carbocycles. The molecule has 26 heavy (non-hydrogen) atoms. The van der Waals surface area contributed by atoms with E-state index in [0.717, 1.165) is 11.8 Å². The van der Waals surface area contributed by atoms with Crippen LogP contribution in [0.5, 0.6) is 0 Å². The molecule has 0 saturated carbocycles. The quantitative estimate of drug-likeness (QED) is 0.177. The number of hydrogen-bond donors (Lipinski definition) is 0. The first-order valence-electron chi connectivity index (χ1n) is 12.7. The van der Waals surface area contributed by atoms with Crippen molar-refractivity contribution in [2.75, 3.05) is 0 Å². The smallest absolute Gasteiger partial charge is 0.0412 e. The summed E-state index contributed by atoms with van der Waals surface area (Å²) in [5, 5.41) is 0. The lowest BCUT2D eigenvalue weighted by molar-refractivity contribution is 0.313. The molecule has 0 aromatic carbocycles. The molecule has 0 radical (unpaired) electrons. The molecule has 0 bridgehead atoms. The molecule has 0 rings (SSSR count). The van der Waals surface area contributed by atoms with Crippen LogP contribution >= 0.6 is 0 Å². The largest absolute Gasteiger partial charge is 0.0654 e. The number of unbranched alkanes of at least 4 members (excludes halogenated alkanes) is 13. The van der Waals surface area contributed by atoms with Gasteiger partial charge in [0, 0.05) is 0 Å². The fraction of sp³-hybridized carbons (Fsp3) is 1.00. The van der Waals surface area contributed by atoms with Gasteiger partial charge in [-0.15, -0.1) is 0 Å². The molecule has 1 unspecified atom stereocenters. The molecular weight excluding hydrogens is 312 g/mol. The van der Waals surface area contributed by atoms with Gasteiger partial charge in [-0.05, 0) is 18.3 Å². The highest BCUT2D eigenvalue weighted by atomic mass is 14.2. The van der Waals surface area contributed by atoms with Crippen LogP contribution in [0.15, 0.2) is 0 Å². The molecule has 0 aliphatic heterocycles. The van der Waals surface area contributed by atoms with Gasteiger partial charge in [-0.1, -0.05) is 150 Å². The van der Waals surface area contributed by atoms with E-state index in [9.17, 15) is 0 Å². The lowest BCUT2D eigenvalue weighted by atomic mass is 9.85. The first-order chi connectivity index (χ1) is 12.7. The third-order valence-corrected chi connectivity index (χ3v) is 6.22. The van der Waals surface area contributed by atoms with Crippen LogP contribution in [0.3, 0.4) is 0 Å². The van der Waals surface area contributed by atoms with Crippen molar-refractivity contribution in [3.05, 3.63) is 0 Å². The SMILES string of the molecule is CCCCCCCCC(C)CC(CCCCCCC)CCCCCCC. The second kappa shape index (κ2) is 21.3. The van der Waals surface area contributed by atoms with Gasteiger partial charge < -0.3 is 0 Å². The fourth-order valence-electron chi connectivity index (χ4n) is 4.41. The average Bonchev–Trinajstić information content (AvgIpc) is 2.64. The van der Waals surface area contributed by atoms with Gasteiger partial charge in [-0.2, -0.15) is 0 Å². The Balaban J connectivity index is 3.93. The molecule has 0 fully saturated rings. The summed E-state index contributed by atoms with van der Waals surface area (Å²) < 4.78 is 0. The summed E-state index contributed by atoms with van der Waals surface area (Å²) in [4.78, 5) is 0. The van der Waals surface area contributed by atoms with E-state index in [1.807, 2.05) is 0 Å². The highest BCUT2D eigenvalue weighted by Gasteiger charge is 2.13. The second-order valence-corrected chi connectivity index (χ2v) is 9.17. The van der Waals surface area contributed by atoms with Crippen molar-refractivity contribution in [1.82, 2.24) is 0 Å². The minimum Gasteiger partial charge on any atom is -0.0654 e. The van der Waals surface area contributed by atoms with E-state index < -0.39 is 0 Å². The Kier molecular flexibility index (Phi) is 21.3. The Labute approximate surface area is 168 Å². The van der Waals surface area contributed by atoms with Crippen LogP contribution in [0.2, 0.25) is 0 Å². The van der Waals surface area contributed by atoms with Gasteiger partial charge in [0.1, 0.15) is 0 Å². The minimum absolute atomic E-state index is 0.956. The molecule has 0 aromatic heterocycles. The lowest BCUT2D eigenvalue weighted by Gasteiger charge is -2.21. The summed E-state index contributed by atoms with van der Waals surface area (Å²) in [5.41, 5.74) is 0. The monoisotopic (exact) mass is 366 g/mol. The molecule has 0 aromatic rings. The summed E-state index contributed by atoms with van der Waals surface area (Å²) in [6.07, 6.45) is 29.2. The second-order valence-electron chi connectivity index (χ2n) is 9.17. The molecule has 0 heteroatoms. The van der Waals surface area contributed by atoms with Crippen LogP contribution in [-0.4, -0.2) is 0 Å². The summed E-state index contributed by atoms with van der Waals surface area (Å²) in [6, 6.07) is 0. The van der Waals surface area contributed by atoms with E-state index in [1.54, 1.807) is 0 Å². The molecule has 1 atom stereocenters. The summed E-state index contributed by atoms with van der Waals surface area (Å²) in [6.45, 7) is 9.49. The van der Waals surface area contributed by atoms with E-state index in [4.69, 9.17) is 0 Å². The zero-order chi connectivity index (χ0) is 19.3. The van der Waals surface area contributed by atoms with Crippen LogP contribution in [0, 0.1) is 11.8 Å². The average molecular weight is 367 g/mol. The highest BCUT2D eigenvalue weighted by molar-refractivity contribution is 4.66. The predicted molar refractivity (Wildman–Crippen MR) is 122 cm³/mol. The van der Waals surface area contributed by atoms with Gasteiger partial charge in [0.2, 0.25) is 0 Å². The molecule has 0 spiro atoms. The summed E-state index contributed by atoms with van der Waals surface area (Å²) in [5.74, 6) is 1.98. The van der Waals surface area contributed by atoms with Gasteiger partial charge >= 0.3 is 0 Å². The van der Waals surface area contributed by atoms with Gasteiger partial charge in [0.05, 0.1) is 0 Å². The van der Waals surface area contributed by atoms with Crippen LogP contribution in [0.25, 0.3) is 0 Å². The molecule has 0 nitrogen and oxygen atoms in total. The standard InChI is InChI=1S/C26H54/c1-5-8-11-14-17-18-21-25(4)24-26(22-19-15-12-9-6-2)23-20-16-13-10-7-3/h25-26H,5-24H2,1-4H3. The normalized spacial score (nSPS) is 12.8. The van der Waals surface area contributed by atoms with Crippen molar-refractivity contribution in [3.8, 4) is 0 Å². The van der Waals surface area contributed by atoms with Crippen molar-refractivity contribution < 1.29 is 0 Å². The van der Waals surface area contributed by atoms with Gasteiger partial charge in [0.15, 0.2) is 0 Å². The minimum atomic E-state index is 0.956. The lowest BCUT2D eigenvalue weighted by Crippen LogP contribution is -2.07. The van der Waals surface area contributed by atoms with Gasteiger partial charge in [-0.25, -0.2) is 0 Å². The molecule has 0 saturated heterocycles. The molecule has 158 valence electrons. The molecular formula is C26H54. The predicted octanol–water partition coefficient (Wildman–Crippen LogP) is 10.1. The number of rotatable bonds is 21. The van der Waals surface area contributed by atoms with Gasteiger partial charge in [-0.3, -0.25) is 0 Å². The maximum absolute atomic E-state index is 2.53. The Morgan fingerprint density at radius 3 is 1.19 bits per heavy atom. The maximum Gasteiger partial charge on any atom is -0.0412 e. The number of hydrogen-bond acceptors (Lipinski definition) is 0. The molecule has 0 heterocycles. The maximum atomic E-state index is 2.53. The van der Waals surface area contributed by atoms with Crippen molar-refractivity contribution in [1.29, 1.82) is 0 Å². The fourth-order valence-corrected chi connectivity index (χ4v) is 4.41. The molecule has 0 amide bonds. The first kappa shape index (κ1) is 26.0. The third-order valence-electron chi connectivity index (χ3n) is 6.22. The zero-order valence-corrected chi connectivity index (χ0v) is 19.3. The molecule has 0 N–H and O–H groups in total.